The number of aromatic nitrogens is 2. The standard InChI is InChI=1S/C50H50Cl2FN5O5/c1-49(2,3)63-48(59)58-34-17-18-35(58)28-56(27-34)46-39-24-44(62-43-16-8-7-14-40(43)51)37(23-42(39)54-47(55-46)61-30-50-19-10-20-57(50)26-33(53)25-50)38-22-36(60-29-31-11-5-4-6-12-31)21-32-13-9-15-41(52)45(32)38/h4-9,11-16,21-24,33-35H,10,17-20,25-30H2,1-3H3/t33-,34-,35+,50+/m1/s1. The van der Waals surface area contributed by atoms with Crippen LogP contribution >= 0.6 is 23.2 Å². The van der Waals surface area contributed by atoms with Crippen molar-refractivity contribution in [2.24, 2.45) is 0 Å². The summed E-state index contributed by atoms with van der Waals surface area (Å²) in [5.41, 5.74) is 2.12. The Morgan fingerprint density at radius 3 is 2.38 bits per heavy atom. The molecule has 4 atom stereocenters. The van der Waals surface area contributed by atoms with Crippen molar-refractivity contribution < 1.29 is 28.1 Å². The number of fused-ring (bicyclic) bond motifs is 5. The van der Waals surface area contributed by atoms with Crippen molar-refractivity contribution in [1.29, 1.82) is 0 Å². The van der Waals surface area contributed by atoms with E-state index < -0.39 is 17.3 Å². The third kappa shape index (κ3) is 8.31. The van der Waals surface area contributed by atoms with E-state index in [1.807, 2.05) is 117 Å². The summed E-state index contributed by atoms with van der Waals surface area (Å²) in [6, 6.07) is 31.2. The van der Waals surface area contributed by atoms with Gasteiger partial charge in [0.05, 0.1) is 28.2 Å². The maximum atomic E-state index is 14.9. The third-order valence-corrected chi connectivity index (χ3v) is 13.5. The molecule has 0 saturated carbocycles. The average Bonchev–Trinajstić information content (AvgIpc) is 3.88. The number of halogens is 3. The summed E-state index contributed by atoms with van der Waals surface area (Å²) < 4.78 is 40.7. The number of hydrogen-bond acceptors (Lipinski definition) is 9. The van der Waals surface area contributed by atoms with E-state index in [0.29, 0.717) is 76.9 Å². The fourth-order valence-corrected chi connectivity index (χ4v) is 10.6. The van der Waals surface area contributed by atoms with E-state index >= 15 is 0 Å². The van der Waals surface area contributed by atoms with Gasteiger partial charge in [0.2, 0.25) is 0 Å². The number of piperazine rings is 1. The number of para-hydroxylation sites is 1. The Kier molecular flexibility index (Phi) is 11.0. The molecule has 63 heavy (non-hydrogen) atoms. The molecule has 13 heteroatoms. The van der Waals surface area contributed by atoms with E-state index in [0.717, 1.165) is 59.5 Å². The number of hydrogen-bond donors (Lipinski definition) is 0. The van der Waals surface area contributed by atoms with E-state index in [9.17, 15) is 9.18 Å². The van der Waals surface area contributed by atoms with E-state index in [-0.39, 0.29) is 30.8 Å². The first kappa shape index (κ1) is 41.6. The topological polar surface area (TPSA) is 89.5 Å². The number of rotatable bonds is 10. The molecule has 2 bridgehead atoms. The van der Waals surface area contributed by atoms with Crippen LogP contribution in [-0.4, -0.2) is 88.0 Å². The van der Waals surface area contributed by atoms with Gasteiger partial charge in [0.25, 0.3) is 0 Å². The molecule has 1 amide bonds. The zero-order valence-corrected chi connectivity index (χ0v) is 37.2. The first-order chi connectivity index (χ1) is 30.4. The van der Waals surface area contributed by atoms with Crippen LogP contribution in [0, 0.1) is 0 Å². The lowest BCUT2D eigenvalue weighted by atomic mass is 9.95. The minimum Gasteiger partial charge on any atom is -0.489 e. The minimum absolute atomic E-state index is 0.0795. The summed E-state index contributed by atoms with van der Waals surface area (Å²) in [5, 5.41) is 3.45. The highest BCUT2D eigenvalue weighted by atomic mass is 35.5. The fourth-order valence-electron chi connectivity index (χ4n) is 10.1. The van der Waals surface area contributed by atoms with Gasteiger partial charge in [-0.05, 0) is 112 Å². The highest BCUT2D eigenvalue weighted by Gasteiger charge is 2.50. The molecule has 0 radical (unpaired) electrons. The van der Waals surface area contributed by atoms with Gasteiger partial charge in [-0.1, -0.05) is 77.8 Å². The van der Waals surface area contributed by atoms with Crippen LogP contribution in [0.1, 0.15) is 58.4 Å². The van der Waals surface area contributed by atoms with Crippen molar-refractivity contribution in [3.05, 3.63) is 113 Å². The largest absolute Gasteiger partial charge is 0.489 e. The van der Waals surface area contributed by atoms with Gasteiger partial charge in [0.1, 0.15) is 48.1 Å². The molecule has 4 saturated heterocycles. The van der Waals surface area contributed by atoms with Crippen LogP contribution in [0.2, 0.25) is 10.0 Å². The first-order valence-electron chi connectivity index (χ1n) is 21.9. The number of ether oxygens (including phenoxy) is 4. The lowest BCUT2D eigenvalue weighted by Crippen LogP contribution is -2.57. The Morgan fingerprint density at radius 2 is 1.60 bits per heavy atom. The van der Waals surface area contributed by atoms with Crippen LogP contribution in [-0.2, 0) is 11.3 Å². The molecular formula is C50H50Cl2FN5O5. The molecule has 4 fully saturated rings. The summed E-state index contributed by atoms with van der Waals surface area (Å²) in [7, 11) is 0. The molecule has 0 unspecified atom stereocenters. The summed E-state index contributed by atoms with van der Waals surface area (Å²) in [4.78, 5) is 30.2. The molecule has 5 aromatic carbocycles. The molecule has 4 aliphatic heterocycles. The van der Waals surface area contributed by atoms with Crippen LogP contribution < -0.4 is 19.1 Å². The number of alkyl halides is 1. The maximum absolute atomic E-state index is 14.9. The van der Waals surface area contributed by atoms with Gasteiger partial charge in [-0.15, -0.1) is 0 Å². The second-order valence-electron chi connectivity index (χ2n) is 18.4. The van der Waals surface area contributed by atoms with Crippen molar-refractivity contribution in [3.63, 3.8) is 0 Å². The third-order valence-electron chi connectivity index (χ3n) is 12.9. The molecule has 10 rings (SSSR count). The Bertz CT molecular complexity index is 2690. The number of amides is 1. The second kappa shape index (κ2) is 16.6. The minimum atomic E-state index is -0.896. The lowest BCUT2D eigenvalue weighted by molar-refractivity contribution is 0.0122. The molecule has 4 aliphatic rings. The van der Waals surface area contributed by atoms with Crippen molar-refractivity contribution >= 4 is 56.8 Å². The molecule has 0 aliphatic carbocycles. The highest BCUT2D eigenvalue weighted by molar-refractivity contribution is 6.37. The van der Waals surface area contributed by atoms with Crippen molar-refractivity contribution in [2.45, 2.75) is 88.9 Å². The first-order valence-corrected chi connectivity index (χ1v) is 22.6. The molecular weight excluding hydrogens is 840 g/mol. The van der Waals surface area contributed by atoms with Gasteiger partial charge in [-0.3, -0.25) is 9.80 Å². The van der Waals surface area contributed by atoms with Crippen molar-refractivity contribution in [2.75, 3.05) is 37.7 Å². The molecule has 0 spiro atoms. The van der Waals surface area contributed by atoms with Gasteiger partial charge in [0.15, 0.2) is 0 Å². The summed E-state index contributed by atoms with van der Waals surface area (Å²) in [6.45, 7) is 8.65. The highest BCUT2D eigenvalue weighted by Crippen LogP contribution is 2.47. The maximum Gasteiger partial charge on any atom is 0.410 e. The monoisotopic (exact) mass is 889 g/mol. The molecule has 1 aromatic heterocycles. The zero-order chi connectivity index (χ0) is 43.5. The van der Waals surface area contributed by atoms with Crippen molar-refractivity contribution in [1.82, 2.24) is 19.8 Å². The average molecular weight is 891 g/mol. The quantitative estimate of drug-likeness (QED) is 0.133. The van der Waals surface area contributed by atoms with Crippen LogP contribution in [0.25, 0.3) is 32.8 Å². The summed E-state index contributed by atoms with van der Waals surface area (Å²) in [6.07, 6.45) is 2.77. The Balaban J connectivity index is 1.12. The number of benzene rings is 5. The van der Waals surface area contributed by atoms with Gasteiger partial charge < -0.3 is 23.8 Å². The number of carbonyl (C=O) groups is 1. The number of nitrogens with zero attached hydrogens (tertiary/aromatic N) is 5. The fraction of sp³-hybridized carbons (Fsp3) is 0.380. The Labute approximate surface area is 376 Å². The molecule has 326 valence electrons. The van der Waals surface area contributed by atoms with Gasteiger partial charge in [0, 0.05) is 47.4 Å². The second-order valence-corrected chi connectivity index (χ2v) is 19.2. The summed E-state index contributed by atoms with van der Waals surface area (Å²) in [5.74, 6) is 2.29. The zero-order valence-electron chi connectivity index (χ0n) is 35.7. The molecule has 6 aromatic rings. The van der Waals surface area contributed by atoms with Crippen LogP contribution in [0.15, 0.2) is 97.1 Å². The lowest BCUT2D eigenvalue weighted by Gasteiger charge is -2.42. The predicted molar refractivity (Wildman–Crippen MR) is 245 cm³/mol. The summed E-state index contributed by atoms with van der Waals surface area (Å²) >= 11 is 13.9. The van der Waals surface area contributed by atoms with Gasteiger partial charge in [-0.2, -0.15) is 9.97 Å². The van der Waals surface area contributed by atoms with Gasteiger partial charge >= 0.3 is 12.1 Å². The predicted octanol–water partition coefficient (Wildman–Crippen LogP) is 11.7. The van der Waals surface area contributed by atoms with Crippen molar-refractivity contribution in [3.8, 4) is 34.4 Å². The van der Waals surface area contributed by atoms with E-state index in [1.165, 1.54) is 0 Å². The SMILES string of the molecule is CC(C)(C)OC(=O)N1[C@@H]2CC[C@H]1CN(c1nc(OC[C@@]34CCCN3C[C@H](F)C4)nc3cc(-c4cc(OCc5ccccc5)cc5cccc(Cl)c45)c(Oc4ccccc4Cl)cc13)C2. The Morgan fingerprint density at radius 1 is 0.841 bits per heavy atom. The van der Waals surface area contributed by atoms with E-state index in [2.05, 4.69) is 9.80 Å². The number of carbonyl (C=O) groups excluding carboxylic acids is 1. The van der Waals surface area contributed by atoms with Crippen LogP contribution in [0.4, 0.5) is 15.0 Å². The van der Waals surface area contributed by atoms with E-state index in [1.54, 1.807) is 6.07 Å². The molecule has 0 N–H and O–H groups in total. The molecule has 5 heterocycles. The van der Waals surface area contributed by atoms with E-state index in [4.69, 9.17) is 52.1 Å². The Hall–Kier alpha value is -5.36. The van der Waals surface area contributed by atoms with Gasteiger partial charge in [-0.25, -0.2) is 9.18 Å². The van der Waals surface area contributed by atoms with Crippen LogP contribution in [0.3, 0.4) is 0 Å². The number of anilines is 1. The smallest absolute Gasteiger partial charge is 0.410 e. The van der Waals surface area contributed by atoms with Crippen LogP contribution in [0.5, 0.6) is 23.3 Å². The normalized spacial score (nSPS) is 22.2. The molecule has 10 nitrogen and oxygen atoms in total.